The highest BCUT2D eigenvalue weighted by Crippen LogP contribution is 2.41. The molecule has 1 aromatic carbocycles. The van der Waals surface area contributed by atoms with Gasteiger partial charge in [-0.05, 0) is 12.1 Å². The minimum Gasteiger partial charge on any atom is -0.496 e. The van der Waals surface area contributed by atoms with Crippen molar-refractivity contribution < 1.29 is 9.47 Å². The number of piperazine rings is 1. The summed E-state index contributed by atoms with van der Waals surface area (Å²) in [5.74, 6) is 1.51. The van der Waals surface area contributed by atoms with Gasteiger partial charge in [-0.1, -0.05) is 11.6 Å². The monoisotopic (exact) mass is 426 g/mol. The van der Waals surface area contributed by atoms with Crippen LogP contribution in [0, 0.1) is 0 Å². The van der Waals surface area contributed by atoms with Crippen LogP contribution in [-0.2, 0) is 4.74 Å². The van der Waals surface area contributed by atoms with Gasteiger partial charge in [0, 0.05) is 44.0 Å². The first-order chi connectivity index (χ1) is 14.7. The van der Waals surface area contributed by atoms with E-state index in [4.69, 9.17) is 26.1 Å². The van der Waals surface area contributed by atoms with Crippen LogP contribution >= 0.6 is 11.6 Å². The molecule has 0 radical (unpaired) electrons. The van der Waals surface area contributed by atoms with Crippen molar-refractivity contribution in [3.63, 3.8) is 0 Å². The number of imidazole rings is 1. The summed E-state index contributed by atoms with van der Waals surface area (Å²) in [7, 11) is 1.69. The highest BCUT2D eigenvalue weighted by molar-refractivity contribution is 6.34. The quantitative estimate of drug-likeness (QED) is 0.662. The van der Waals surface area contributed by atoms with Gasteiger partial charge in [-0.15, -0.1) is 0 Å². The second kappa shape index (κ2) is 7.01. The molecule has 30 heavy (non-hydrogen) atoms. The number of morpholine rings is 1. The molecule has 5 heterocycles. The largest absolute Gasteiger partial charge is 0.496 e. The number of hydrogen-bond donors (Lipinski definition) is 2. The predicted molar refractivity (Wildman–Crippen MR) is 117 cm³/mol. The van der Waals surface area contributed by atoms with Crippen LogP contribution in [0.2, 0.25) is 5.02 Å². The van der Waals surface area contributed by atoms with Gasteiger partial charge in [-0.3, -0.25) is 0 Å². The maximum Gasteiger partial charge on any atom is 0.180 e. The molecule has 156 valence electrons. The highest BCUT2D eigenvalue weighted by atomic mass is 35.5. The Morgan fingerprint density at radius 2 is 2.13 bits per heavy atom. The molecule has 0 saturated carbocycles. The van der Waals surface area contributed by atoms with Gasteiger partial charge in [0.05, 0.1) is 48.8 Å². The van der Waals surface area contributed by atoms with Gasteiger partial charge in [0.15, 0.2) is 5.65 Å². The molecule has 0 amide bonds. The lowest BCUT2D eigenvalue weighted by atomic mass is 9.88. The van der Waals surface area contributed by atoms with Crippen molar-refractivity contribution in [2.75, 3.05) is 56.3 Å². The van der Waals surface area contributed by atoms with E-state index in [0.29, 0.717) is 22.8 Å². The number of nitrogens with zero attached hydrogens (tertiary/aromatic N) is 4. The summed E-state index contributed by atoms with van der Waals surface area (Å²) >= 11 is 6.56. The molecule has 0 aliphatic carbocycles. The average Bonchev–Trinajstić information content (AvgIpc) is 3.20. The summed E-state index contributed by atoms with van der Waals surface area (Å²) < 4.78 is 11.2. The van der Waals surface area contributed by atoms with Gasteiger partial charge in [0.2, 0.25) is 0 Å². The number of anilines is 2. The van der Waals surface area contributed by atoms with Crippen LogP contribution in [0.1, 0.15) is 0 Å². The number of aromatic amines is 1. The van der Waals surface area contributed by atoms with Crippen LogP contribution in [0.15, 0.2) is 24.4 Å². The molecule has 3 aromatic rings. The Morgan fingerprint density at radius 3 is 2.83 bits per heavy atom. The lowest BCUT2D eigenvalue weighted by Gasteiger charge is -2.57. The number of nitrogens with one attached hydrogen (secondary N) is 2. The number of ether oxygens (including phenoxy) is 2. The first-order valence-corrected chi connectivity index (χ1v) is 10.7. The zero-order valence-electron chi connectivity index (χ0n) is 16.7. The van der Waals surface area contributed by atoms with Crippen molar-refractivity contribution >= 4 is 34.1 Å². The summed E-state index contributed by atoms with van der Waals surface area (Å²) in [4.78, 5) is 17.3. The summed E-state index contributed by atoms with van der Waals surface area (Å²) in [5.41, 5.74) is 4.57. The third-order valence-electron chi connectivity index (χ3n) is 6.40. The molecule has 6 rings (SSSR count). The second-order valence-corrected chi connectivity index (χ2v) is 8.36. The molecular formula is C21H23ClN6O2. The Morgan fingerprint density at radius 1 is 1.27 bits per heavy atom. The van der Waals surface area contributed by atoms with Crippen LogP contribution in [-0.4, -0.2) is 73.5 Å². The highest BCUT2D eigenvalue weighted by Gasteiger charge is 2.46. The number of benzene rings is 1. The Bertz CT molecular complexity index is 1110. The van der Waals surface area contributed by atoms with Crippen LogP contribution in [0.5, 0.6) is 5.75 Å². The minimum absolute atomic E-state index is 0.502. The topological polar surface area (TPSA) is 78.5 Å². The summed E-state index contributed by atoms with van der Waals surface area (Å²) in [6.45, 7) is 5.20. The molecule has 2 aromatic heterocycles. The fourth-order valence-corrected chi connectivity index (χ4v) is 4.84. The van der Waals surface area contributed by atoms with Crippen molar-refractivity contribution in [1.29, 1.82) is 0 Å². The van der Waals surface area contributed by atoms with E-state index in [0.717, 1.165) is 73.4 Å². The molecule has 1 unspecified atom stereocenters. The summed E-state index contributed by atoms with van der Waals surface area (Å²) in [6, 6.07) is 7.30. The van der Waals surface area contributed by atoms with Crippen LogP contribution in [0.4, 0.5) is 11.4 Å². The van der Waals surface area contributed by atoms with E-state index in [1.165, 1.54) is 0 Å². The van der Waals surface area contributed by atoms with Gasteiger partial charge >= 0.3 is 0 Å². The van der Waals surface area contributed by atoms with Gasteiger partial charge < -0.3 is 29.6 Å². The number of H-pyrrole nitrogens is 1. The lowest BCUT2D eigenvalue weighted by molar-refractivity contribution is 0.122. The molecule has 3 aliphatic rings. The SMILES string of the molecule is COc1cc(N2CCOCC2)ccc1-c1nc2ncc(Cl)c(N3C[C@H]4NCC43)c2[nH]1. The fraction of sp³-hybridized carbons (Fsp3) is 0.429. The van der Waals surface area contributed by atoms with E-state index in [1.807, 2.05) is 0 Å². The van der Waals surface area contributed by atoms with Gasteiger partial charge in [0.25, 0.3) is 0 Å². The van der Waals surface area contributed by atoms with Crippen LogP contribution in [0.3, 0.4) is 0 Å². The molecule has 8 nitrogen and oxygen atoms in total. The first-order valence-electron chi connectivity index (χ1n) is 10.3. The molecule has 9 heteroatoms. The number of hydrogen-bond acceptors (Lipinski definition) is 7. The molecule has 0 bridgehead atoms. The second-order valence-electron chi connectivity index (χ2n) is 7.96. The molecule has 3 saturated heterocycles. The summed E-state index contributed by atoms with van der Waals surface area (Å²) in [6.07, 6.45) is 1.70. The third-order valence-corrected chi connectivity index (χ3v) is 6.68. The standard InChI is InChI=1S/C21H23ClN6O2/c1-29-17-8-12(27-4-6-30-7-5-27)2-3-13(17)20-25-18-19(14(22)9-24-21(18)26-20)28-11-15-16(28)10-23-15/h2-3,8-9,15-16,23H,4-7,10-11H2,1H3,(H,24,25,26)/t15-,16?/m1/s1. The maximum absolute atomic E-state index is 6.56. The Balaban J connectivity index is 1.39. The minimum atomic E-state index is 0.502. The molecule has 2 N–H and O–H groups in total. The Kier molecular flexibility index (Phi) is 4.26. The fourth-order valence-electron chi connectivity index (χ4n) is 4.59. The first kappa shape index (κ1) is 18.2. The van der Waals surface area contributed by atoms with Crippen molar-refractivity contribution in [2.24, 2.45) is 0 Å². The van der Waals surface area contributed by atoms with E-state index in [9.17, 15) is 0 Å². The van der Waals surface area contributed by atoms with E-state index < -0.39 is 0 Å². The zero-order valence-corrected chi connectivity index (χ0v) is 17.4. The van der Waals surface area contributed by atoms with E-state index >= 15 is 0 Å². The molecule has 3 fully saturated rings. The van der Waals surface area contributed by atoms with Crippen molar-refractivity contribution in [3.8, 4) is 17.1 Å². The average molecular weight is 427 g/mol. The normalized spacial score (nSPS) is 23.1. The van der Waals surface area contributed by atoms with Crippen LogP contribution in [0.25, 0.3) is 22.6 Å². The Hall–Kier alpha value is -2.55. The number of methoxy groups -OCH3 is 1. The third kappa shape index (κ3) is 2.74. The summed E-state index contributed by atoms with van der Waals surface area (Å²) in [5, 5.41) is 4.09. The van der Waals surface area contributed by atoms with Crippen molar-refractivity contribution in [2.45, 2.75) is 12.1 Å². The van der Waals surface area contributed by atoms with Crippen LogP contribution < -0.4 is 19.9 Å². The number of aromatic nitrogens is 3. The lowest BCUT2D eigenvalue weighted by Crippen LogP contribution is -2.78. The maximum atomic E-state index is 6.56. The number of pyridine rings is 1. The molecular weight excluding hydrogens is 404 g/mol. The van der Waals surface area contributed by atoms with Gasteiger partial charge in [-0.2, -0.15) is 0 Å². The number of halogens is 1. The van der Waals surface area contributed by atoms with Gasteiger partial charge in [-0.25, -0.2) is 9.97 Å². The van der Waals surface area contributed by atoms with Crippen molar-refractivity contribution in [1.82, 2.24) is 20.3 Å². The zero-order chi connectivity index (χ0) is 20.2. The molecule has 2 atom stereocenters. The number of rotatable bonds is 4. The number of fused-ring (bicyclic) bond motifs is 2. The van der Waals surface area contributed by atoms with E-state index in [2.05, 4.69) is 43.3 Å². The van der Waals surface area contributed by atoms with E-state index in [-0.39, 0.29) is 0 Å². The predicted octanol–water partition coefficient (Wildman–Crippen LogP) is 2.28. The molecule has 3 aliphatic heterocycles. The van der Waals surface area contributed by atoms with E-state index in [1.54, 1.807) is 13.3 Å². The Labute approximate surface area is 179 Å². The van der Waals surface area contributed by atoms with Gasteiger partial charge in [0.1, 0.15) is 17.1 Å². The van der Waals surface area contributed by atoms with Crippen molar-refractivity contribution in [3.05, 3.63) is 29.4 Å². The molecule has 0 spiro atoms. The smallest absolute Gasteiger partial charge is 0.180 e.